The van der Waals surface area contributed by atoms with Crippen LogP contribution in [-0.2, 0) is 34.0 Å². The van der Waals surface area contributed by atoms with Crippen LogP contribution in [0.5, 0.6) is 0 Å². The number of rotatable bonds is 16. The fourth-order valence-corrected chi connectivity index (χ4v) is 3.87. The fourth-order valence-electron chi connectivity index (χ4n) is 3.87. The number of unbranched alkanes of at least 4 members (excludes halogenated alkanes) is 2. The quantitative estimate of drug-likeness (QED) is 0.215. The lowest BCUT2D eigenvalue weighted by atomic mass is 10.0. The second-order valence-electron chi connectivity index (χ2n) is 8.49. The molecule has 0 spiro atoms. The summed E-state index contributed by atoms with van der Waals surface area (Å²) in [6.07, 6.45) is 5.39. The monoisotopic (exact) mass is 446 g/mol. The molecule has 0 aliphatic rings. The Hall–Kier alpha value is -2.46. The zero-order valence-corrected chi connectivity index (χ0v) is 19.9. The van der Waals surface area contributed by atoms with Gasteiger partial charge in [0.15, 0.2) is 0 Å². The first-order valence-electron chi connectivity index (χ1n) is 12.3. The standard InChI is InChI=1S/C30H38O3/c1-2-3-7-20-29(32-24-27-16-10-5-11-17-27)30(33-25-28-18-12-6-13-19-28)21-22-31-23-26-14-8-4-9-15-26/h4-6,8-19,29-30H,2-3,7,20-25H2,1H3. The molecular formula is C30H38O3. The summed E-state index contributed by atoms with van der Waals surface area (Å²) in [6.45, 7) is 4.70. The van der Waals surface area contributed by atoms with Crippen molar-refractivity contribution in [2.75, 3.05) is 6.61 Å². The van der Waals surface area contributed by atoms with E-state index in [4.69, 9.17) is 14.2 Å². The highest BCUT2D eigenvalue weighted by Gasteiger charge is 2.23. The zero-order valence-electron chi connectivity index (χ0n) is 19.9. The normalized spacial score (nSPS) is 13.0. The van der Waals surface area contributed by atoms with Crippen molar-refractivity contribution in [2.24, 2.45) is 0 Å². The minimum Gasteiger partial charge on any atom is -0.377 e. The van der Waals surface area contributed by atoms with Gasteiger partial charge < -0.3 is 14.2 Å². The van der Waals surface area contributed by atoms with Crippen molar-refractivity contribution >= 4 is 0 Å². The molecule has 0 fully saturated rings. The Morgan fingerprint density at radius 3 is 1.48 bits per heavy atom. The molecule has 3 heteroatoms. The molecule has 0 saturated heterocycles. The molecule has 0 aliphatic carbocycles. The first-order valence-corrected chi connectivity index (χ1v) is 12.3. The van der Waals surface area contributed by atoms with Crippen molar-refractivity contribution < 1.29 is 14.2 Å². The van der Waals surface area contributed by atoms with Gasteiger partial charge in [-0.25, -0.2) is 0 Å². The van der Waals surface area contributed by atoms with E-state index >= 15 is 0 Å². The lowest BCUT2D eigenvalue weighted by molar-refractivity contribution is -0.0997. The molecular weight excluding hydrogens is 408 g/mol. The van der Waals surface area contributed by atoms with E-state index in [2.05, 4.69) is 67.6 Å². The Labute approximate surface area is 199 Å². The summed E-state index contributed by atoms with van der Waals surface area (Å²) in [5.41, 5.74) is 3.57. The van der Waals surface area contributed by atoms with Gasteiger partial charge in [0.2, 0.25) is 0 Å². The van der Waals surface area contributed by atoms with Crippen molar-refractivity contribution in [1.29, 1.82) is 0 Å². The molecule has 176 valence electrons. The predicted molar refractivity (Wildman–Crippen MR) is 135 cm³/mol. The van der Waals surface area contributed by atoms with Crippen LogP contribution in [0.3, 0.4) is 0 Å². The summed E-state index contributed by atoms with van der Waals surface area (Å²) < 4.78 is 18.9. The van der Waals surface area contributed by atoms with Gasteiger partial charge in [-0.15, -0.1) is 0 Å². The average Bonchev–Trinajstić information content (AvgIpc) is 2.88. The number of benzene rings is 3. The van der Waals surface area contributed by atoms with Crippen molar-refractivity contribution in [1.82, 2.24) is 0 Å². The molecule has 0 radical (unpaired) electrons. The lowest BCUT2D eigenvalue weighted by Crippen LogP contribution is -2.33. The van der Waals surface area contributed by atoms with E-state index in [1.54, 1.807) is 0 Å². The van der Waals surface area contributed by atoms with Gasteiger partial charge in [-0.05, 0) is 29.5 Å². The first kappa shape index (κ1) is 25.2. The summed E-state index contributed by atoms with van der Waals surface area (Å²) in [5, 5.41) is 0. The topological polar surface area (TPSA) is 27.7 Å². The molecule has 0 saturated carbocycles. The van der Waals surface area contributed by atoms with Crippen LogP contribution in [-0.4, -0.2) is 18.8 Å². The van der Waals surface area contributed by atoms with Crippen LogP contribution in [0.25, 0.3) is 0 Å². The third kappa shape index (κ3) is 9.91. The molecule has 0 heterocycles. The van der Waals surface area contributed by atoms with E-state index < -0.39 is 0 Å². The van der Waals surface area contributed by atoms with E-state index in [1.807, 2.05) is 30.3 Å². The van der Waals surface area contributed by atoms with Gasteiger partial charge in [-0.2, -0.15) is 0 Å². The number of hydrogen-bond acceptors (Lipinski definition) is 3. The largest absolute Gasteiger partial charge is 0.377 e. The minimum atomic E-state index is -0.0125. The highest BCUT2D eigenvalue weighted by Crippen LogP contribution is 2.20. The molecule has 2 atom stereocenters. The molecule has 0 bridgehead atoms. The molecule has 3 rings (SSSR count). The highest BCUT2D eigenvalue weighted by molar-refractivity contribution is 5.15. The first-order chi connectivity index (χ1) is 16.3. The van der Waals surface area contributed by atoms with E-state index in [-0.39, 0.29) is 12.2 Å². The molecule has 0 aliphatic heterocycles. The second kappa shape index (κ2) is 15.4. The third-order valence-electron chi connectivity index (χ3n) is 5.78. The van der Waals surface area contributed by atoms with Gasteiger partial charge in [-0.3, -0.25) is 0 Å². The maximum Gasteiger partial charge on any atom is 0.0863 e. The van der Waals surface area contributed by atoms with E-state index in [9.17, 15) is 0 Å². The number of ether oxygens (including phenoxy) is 3. The Kier molecular flexibility index (Phi) is 11.7. The number of hydrogen-bond donors (Lipinski definition) is 0. The summed E-state index contributed by atoms with van der Waals surface area (Å²) in [5.74, 6) is 0. The van der Waals surface area contributed by atoms with Crippen LogP contribution in [0.2, 0.25) is 0 Å². The molecule has 2 unspecified atom stereocenters. The smallest absolute Gasteiger partial charge is 0.0863 e. The van der Waals surface area contributed by atoms with Crippen molar-refractivity contribution in [3.05, 3.63) is 108 Å². The van der Waals surface area contributed by atoms with Crippen LogP contribution >= 0.6 is 0 Å². The Morgan fingerprint density at radius 1 is 0.545 bits per heavy atom. The third-order valence-corrected chi connectivity index (χ3v) is 5.78. The van der Waals surface area contributed by atoms with E-state index in [0.29, 0.717) is 26.4 Å². The van der Waals surface area contributed by atoms with Crippen LogP contribution in [0.4, 0.5) is 0 Å². The molecule has 3 aromatic carbocycles. The van der Waals surface area contributed by atoms with Gasteiger partial charge in [0.05, 0.1) is 32.0 Å². The predicted octanol–water partition coefficient (Wildman–Crippen LogP) is 7.34. The van der Waals surface area contributed by atoms with Gasteiger partial charge in [0.1, 0.15) is 0 Å². The zero-order chi connectivity index (χ0) is 23.0. The second-order valence-corrected chi connectivity index (χ2v) is 8.49. The maximum atomic E-state index is 6.46. The maximum absolute atomic E-state index is 6.46. The van der Waals surface area contributed by atoms with Gasteiger partial charge in [0, 0.05) is 6.61 Å². The highest BCUT2D eigenvalue weighted by atomic mass is 16.5. The molecule has 0 amide bonds. The van der Waals surface area contributed by atoms with Gasteiger partial charge in [0.25, 0.3) is 0 Å². The fraction of sp³-hybridized carbons (Fsp3) is 0.400. The van der Waals surface area contributed by atoms with Crippen LogP contribution < -0.4 is 0 Å². The summed E-state index contributed by atoms with van der Waals surface area (Å²) in [7, 11) is 0. The molecule has 33 heavy (non-hydrogen) atoms. The van der Waals surface area contributed by atoms with E-state index in [0.717, 1.165) is 19.3 Å². The Bertz CT molecular complexity index is 851. The minimum absolute atomic E-state index is 0.0125. The van der Waals surface area contributed by atoms with Crippen molar-refractivity contribution in [3.8, 4) is 0 Å². The summed E-state index contributed by atoms with van der Waals surface area (Å²) >= 11 is 0. The van der Waals surface area contributed by atoms with Crippen LogP contribution in [0.15, 0.2) is 91.0 Å². The van der Waals surface area contributed by atoms with E-state index in [1.165, 1.54) is 29.5 Å². The van der Waals surface area contributed by atoms with Crippen LogP contribution in [0.1, 0.15) is 55.7 Å². The van der Waals surface area contributed by atoms with Gasteiger partial charge in [-0.1, -0.05) is 117 Å². The SMILES string of the molecule is CCCCCC(OCc1ccccc1)C(CCOCc1ccccc1)OCc1ccccc1. The molecule has 3 nitrogen and oxygen atoms in total. The molecule has 3 aromatic rings. The summed E-state index contributed by atoms with van der Waals surface area (Å²) in [6, 6.07) is 31.1. The van der Waals surface area contributed by atoms with Crippen LogP contribution in [0, 0.1) is 0 Å². The van der Waals surface area contributed by atoms with Crippen molar-refractivity contribution in [3.63, 3.8) is 0 Å². The van der Waals surface area contributed by atoms with Gasteiger partial charge >= 0.3 is 0 Å². The van der Waals surface area contributed by atoms with Crippen molar-refractivity contribution in [2.45, 2.75) is 71.1 Å². The Balaban J connectivity index is 1.61. The molecule has 0 N–H and O–H groups in total. The lowest BCUT2D eigenvalue weighted by Gasteiger charge is -2.28. The average molecular weight is 447 g/mol. The molecule has 0 aromatic heterocycles. The Morgan fingerprint density at radius 2 is 1.00 bits per heavy atom. The summed E-state index contributed by atoms with van der Waals surface area (Å²) in [4.78, 5) is 0.